The molecule has 0 aromatic heterocycles. The van der Waals surface area contributed by atoms with Crippen molar-refractivity contribution in [2.45, 2.75) is 38.6 Å². The van der Waals surface area contributed by atoms with Gasteiger partial charge in [0.25, 0.3) is 0 Å². The summed E-state index contributed by atoms with van der Waals surface area (Å²) in [6, 6.07) is 6.42. The molecule has 1 aromatic carbocycles. The van der Waals surface area contributed by atoms with Crippen molar-refractivity contribution in [3.63, 3.8) is 0 Å². The monoisotopic (exact) mass is 417 g/mol. The number of nitrogens with one attached hydrogen (secondary N) is 2. The van der Waals surface area contributed by atoms with Gasteiger partial charge in [-0.05, 0) is 51.2 Å². The van der Waals surface area contributed by atoms with Crippen LogP contribution >= 0.6 is 0 Å². The lowest BCUT2D eigenvalue weighted by Crippen LogP contribution is -2.45. The Kier molecular flexibility index (Phi) is 8.49. The van der Waals surface area contributed by atoms with Crippen molar-refractivity contribution in [1.82, 2.24) is 15.5 Å². The summed E-state index contributed by atoms with van der Waals surface area (Å²) < 4.78 is 10.8. The predicted molar refractivity (Wildman–Crippen MR) is 124 cm³/mol. The Bertz CT molecular complexity index is 666. The average molecular weight is 418 g/mol. The van der Waals surface area contributed by atoms with Gasteiger partial charge in [0.05, 0.1) is 14.2 Å². The van der Waals surface area contributed by atoms with Crippen LogP contribution in [0.2, 0.25) is 0 Å². The third-order valence-electron chi connectivity index (χ3n) is 6.27. The lowest BCUT2D eigenvalue weighted by atomic mass is 9.99. The molecule has 2 fully saturated rings. The largest absolute Gasteiger partial charge is 0.497 e. The van der Waals surface area contributed by atoms with Crippen LogP contribution in [0, 0.1) is 5.92 Å². The van der Waals surface area contributed by atoms with Crippen molar-refractivity contribution in [3.05, 3.63) is 18.2 Å². The summed E-state index contributed by atoms with van der Waals surface area (Å²) in [6.07, 6.45) is 4.91. The number of hydrogen-bond donors (Lipinski definition) is 2. The molecule has 168 valence electrons. The van der Waals surface area contributed by atoms with E-state index >= 15 is 0 Å². The van der Waals surface area contributed by atoms with Gasteiger partial charge in [0.2, 0.25) is 0 Å². The highest BCUT2D eigenvalue weighted by Crippen LogP contribution is 2.30. The molecule has 0 aliphatic carbocycles. The van der Waals surface area contributed by atoms with Crippen LogP contribution in [0.1, 0.15) is 32.6 Å². The number of benzene rings is 1. The number of guanidine groups is 1. The Morgan fingerprint density at radius 3 is 2.40 bits per heavy atom. The highest BCUT2D eigenvalue weighted by Gasteiger charge is 2.24. The Morgan fingerprint density at radius 1 is 1.07 bits per heavy atom. The molecule has 0 saturated carbocycles. The van der Waals surface area contributed by atoms with Crippen LogP contribution in [0.4, 0.5) is 5.69 Å². The van der Waals surface area contributed by atoms with E-state index in [1.54, 1.807) is 14.2 Å². The number of nitrogens with zero attached hydrogens (tertiary/aromatic N) is 3. The van der Waals surface area contributed by atoms with Crippen molar-refractivity contribution in [1.29, 1.82) is 0 Å². The van der Waals surface area contributed by atoms with Gasteiger partial charge < -0.3 is 29.9 Å². The zero-order valence-corrected chi connectivity index (χ0v) is 19.1. The van der Waals surface area contributed by atoms with E-state index in [-0.39, 0.29) is 0 Å². The molecule has 2 N–H and O–H groups in total. The van der Waals surface area contributed by atoms with E-state index in [9.17, 15) is 0 Å². The highest BCUT2D eigenvalue weighted by molar-refractivity contribution is 5.80. The number of likely N-dealkylation sites (tertiary alicyclic amines) is 1. The molecule has 2 aliphatic heterocycles. The third kappa shape index (κ3) is 6.42. The van der Waals surface area contributed by atoms with E-state index in [1.807, 2.05) is 13.1 Å². The van der Waals surface area contributed by atoms with Crippen LogP contribution in [-0.4, -0.2) is 77.4 Å². The summed E-state index contributed by atoms with van der Waals surface area (Å²) in [5, 5.41) is 7.08. The van der Waals surface area contributed by atoms with Gasteiger partial charge in [-0.15, -0.1) is 0 Å². The number of rotatable bonds is 8. The molecule has 1 unspecified atom stereocenters. The summed E-state index contributed by atoms with van der Waals surface area (Å²) in [5.41, 5.74) is 1.13. The maximum absolute atomic E-state index is 5.41. The molecular weight excluding hydrogens is 378 g/mol. The summed E-state index contributed by atoms with van der Waals surface area (Å²) in [5.74, 6) is 3.44. The minimum Gasteiger partial charge on any atom is -0.497 e. The van der Waals surface area contributed by atoms with Gasteiger partial charge in [-0.3, -0.25) is 4.99 Å². The number of methoxy groups -OCH3 is 2. The Balaban J connectivity index is 1.41. The summed E-state index contributed by atoms with van der Waals surface area (Å²) >= 11 is 0. The third-order valence-corrected chi connectivity index (χ3v) is 6.27. The number of hydrogen-bond acceptors (Lipinski definition) is 5. The van der Waals surface area contributed by atoms with Crippen molar-refractivity contribution < 1.29 is 9.47 Å². The fourth-order valence-electron chi connectivity index (χ4n) is 4.27. The Hall–Kier alpha value is -2.15. The molecule has 1 atom stereocenters. The van der Waals surface area contributed by atoms with Gasteiger partial charge in [-0.1, -0.05) is 6.92 Å². The van der Waals surface area contributed by atoms with E-state index in [1.165, 1.54) is 32.5 Å². The first kappa shape index (κ1) is 22.5. The zero-order valence-electron chi connectivity index (χ0n) is 19.1. The average Bonchev–Trinajstić information content (AvgIpc) is 3.25. The molecule has 2 aliphatic rings. The van der Waals surface area contributed by atoms with Crippen LogP contribution in [0.15, 0.2) is 23.2 Å². The van der Waals surface area contributed by atoms with E-state index < -0.39 is 0 Å². The molecule has 3 rings (SSSR count). The zero-order chi connectivity index (χ0) is 21.3. The molecule has 1 aromatic rings. The van der Waals surface area contributed by atoms with Gasteiger partial charge in [0.1, 0.15) is 11.5 Å². The highest BCUT2D eigenvalue weighted by atomic mass is 16.5. The molecule has 7 heteroatoms. The topological polar surface area (TPSA) is 61.4 Å². The molecule has 0 spiro atoms. The van der Waals surface area contributed by atoms with E-state index in [0.717, 1.165) is 61.5 Å². The maximum Gasteiger partial charge on any atom is 0.191 e. The summed E-state index contributed by atoms with van der Waals surface area (Å²) in [7, 11) is 5.23. The van der Waals surface area contributed by atoms with Gasteiger partial charge in [0, 0.05) is 56.6 Å². The Labute approximate surface area is 181 Å². The molecule has 2 heterocycles. The van der Waals surface area contributed by atoms with Gasteiger partial charge >= 0.3 is 0 Å². The second-order valence-corrected chi connectivity index (χ2v) is 8.52. The van der Waals surface area contributed by atoms with Crippen LogP contribution in [-0.2, 0) is 0 Å². The lowest BCUT2D eigenvalue weighted by molar-refractivity contribution is 0.191. The van der Waals surface area contributed by atoms with E-state index in [2.05, 4.69) is 44.5 Å². The number of ether oxygens (including phenoxy) is 2. The molecule has 0 amide bonds. The summed E-state index contributed by atoms with van der Waals surface area (Å²) in [4.78, 5) is 9.38. The van der Waals surface area contributed by atoms with Crippen molar-refractivity contribution in [3.8, 4) is 11.5 Å². The number of anilines is 1. The molecule has 2 saturated heterocycles. The van der Waals surface area contributed by atoms with Gasteiger partial charge in [0.15, 0.2) is 5.96 Å². The summed E-state index contributed by atoms with van der Waals surface area (Å²) in [6.45, 7) is 8.92. The van der Waals surface area contributed by atoms with Crippen LogP contribution in [0.25, 0.3) is 0 Å². The van der Waals surface area contributed by atoms with Crippen LogP contribution in [0.5, 0.6) is 11.5 Å². The second kappa shape index (κ2) is 11.3. The number of piperidine rings is 1. The van der Waals surface area contributed by atoms with Crippen molar-refractivity contribution in [2.24, 2.45) is 10.9 Å². The standard InChI is InChI=1S/C23H39N5O2/c1-18-6-11-27(12-7-18)10-5-9-25-23(24-2)26-19-8-13-28(17-19)20-14-21(29-3)16-22(15-20)30-4/h14-16,18-19H,5-13,17H2,1-4H3,(H2,24,25,26). The van der Waals surface area contributed by atoms with Crippen molar-refractivity contribution in [2.75, 3.05) is 65.4 Å². The first-order valence-electron chi connectivity index (χ1n) is 11.3. The minimum absolute atomic E-state index is 0.372. The molecule has 30 heavy (non-hydrogen) atoms. The molecular formula is C23H39N5O2. The first-order valence-corrected chi connectivity index (χ1v) is 11.3. The normalized spacial score (nSPS) is 21.0. The van der Waals surface area contributed by atoms with Crippen LogP contribution in [0.3, 0.4) is 0 Å². The number of aliphatic imine (C=N–C) groups is 1. The van der Waals surface area contributed by atoms with E-state index in [0.29, 0.717) is 6.04 Å². The molecule has 0 radical (unpaired) electrons. The van der Waals surface area contributed by atoms with Crippen LogP contribution < -0.4 is 25.0 Å². The smallest absolute Gasteiger partial charge is 0.191 e. The minimum atomic E-state index is 0.372. The SMILES string of the molecule is CN=C(NCCCN1CCC(C)CC1)NC1CCN(c2cc(OC)cc(OC)c2)C1. The fraction of sp³-hybridized carbons (Fsp3) is 0.696. The van der Waals surface area contributed by atoms with Gasteiger partial charge in [-0.25, -0.2) is 0 Å². The van der Waals surface area contributed by atoms with E-state index in [4.69, 9.17) is 9.47 Å². The van der Waals surface area contributed by atoms with Gasteiger partial charge in [-0.2, -0.15) is 0 Å². The molecule has 7 nitrogen and oxygen atoms in total. The second-order valence-electron chi connectivity index (χ2n) is 8.52. The fourth-order valence-corrected chi connectivity index (χ4v) is 4.27. The lowest BCUT2D eigenvalue weighted by Gasteiger charge is -2.30. The Morgan fingerprint density at radius 2 is 1.77 bits per heavy atom. The predicted octanol–water partition coefficient (Wildman–Crippen LogP) is 2.57. The first-order chi connectivity index (χ1) is 14.6. The maximum atomic E-state index is 5.41. The quantitative estimate of drug-likeness (QED) is 0.385. The molecule has 0 bridgehead atoms. The van der Waals surface area contributed by atoms with Crippen molar-refractivity contribution >= 4 is 11.6 Å².